The molecule has 200 valence electrons. The second-order valence-electron chi connectivity index (χ2n) is 9.54. The maximum absolute atomic E-state index is 12.7. The molecule has 3 aromatic heterocycles. The average molecular weight is 574 g/mol. The zero-order valence-corrected chi connectivity index (χ0v) is 23.4. The van der Waals surface area contributed by atoms with Crippen molar-refractivity contribution in [1.29, 1.82) is 0 Å². The van der Waals surface area contributed by atoms with Crippen molar-refractivity contribution < 1.29 is 18.8 Å². The monoisotopic (exact) mass is 573 g/mol. The van der Waals surface area contributed by atoms with Gasteiger partial charge in [0.15, 0.2) is 11.5 Å². The van der Waals surface area contributed by atoms with Crippen LogP contribution in [0.1, 0.15) is 55.8 Å². The van der Waals surface area contributed by atoms with Crippen molar-refractivity contribution >= 4 is 53.5 Å². The molecule has 1 aliphatic carbocycles. The van der Waals surface area contributed by atoms with E-state index in [1.807, 2.05) is 11.6 Å². The maximum atomic E-state index is 12.7. The van der Waals surface area contributed by atoms with Gasteiger partial charge >= 0.3 is 7.60 Å². The molecule has 0 spiro atoms. The lowest BCUT2D eigenvalue weighted by Gasteiger charge is -2.13. The van der Waals surface area contributed by atoms with Gasteiger partial charge in [0, 0.05) is 17.5 Å². The molecule has 4 aromatic rings. The van der Waals surface area contributed by atoms with Crippen LogP contribution < -0.4 is 9.84 Å². The number of pyridine rings is 1. The standard InChI is InChI=1S/C26H29ClN5O4PS/c1-2-13-37(34,35)36-20-10-8-18(9-11-20)23-22(27)14-21-24(30-26(33)19-15-28-38-16-19)31-32(25(21)29-23)12-4-3-5-17-6-7-17/h8-11,14-17H,2-7,12-13H2,1H3,(H,34,35)(H,30,31,33). The van der Waals surface area contributed by atoms with Gasteiger partial charge in [-0.25, -0.2) is 18.6 Å². The number of nitrogens with one attached hydrogen (secondary N) is 1. The van der Waals surface area contributed by atoms with Crippen LogP contribution in [0.4, 0.5) is 5.82 Å². The first-order valence-corrected chi connectivity index (χ1v) is 15.7. The lowest BCUT2D eigenvalue weighted by molar-refractivity contribution is 0.102. The Morgan fingerprint density at radius 1 is 1.29 bits per heavy atom. The quantitative estimate of drug-likeness (QED) is 0.138. The van der Waals surface area contributed by atoms with E-state index in [4.69, 9.17) is 21.1 Å². The lowest BCUT2D eigenvalue weighted by atomic mass is 10.1. The highest BCUT2D eigenvalue weighted by atomic mass is 35.5. The SMILES string of the molecule is CCCP(=O)(O)Oc1ccc(-c2nc3c(cc2Cl)c(NC(=O)c2cnsc2)nn3CCCCC2CC2)cc1. The Kier molecular flexibility index (Phi) is 8.14. The highest BCUT2D eigenvalue weighted by Gasteiger charge is 2.22. The van der Waals surface area contributed by atoms with Crippen LogP contribution in [0.5, 0.6) is 5.75 Å². The molecule has 0 radical (unpaired) electrons. The zero-order chi connectivity index (χ0) is 26.7. The Morgan fingerprint density at radius 3 is 2.76 bits per heavy atom. The van der Waals surface area contributed by atoms with Crippen LogP contribution in [-0.2, 0) is 11.1 Å². The van der Waals surface area contributed by atoms with Crippen molar-refractivity contribution in [1.82, 2.24) is 19.1 Å². The van der Waals surface area contributed by atoms with Gasteiger partial charge < -0.3 is 14.7 Å². The largest absolute Gasteiger partial charge is 0.424 e. The van der Waals surface area contributed by atoms with Crippen molar-refractivity contribution in [3.05, 3.63) is 52.5 Å². The Labute approximate surface area is 229 Å². The first-order chi connectivity index (χ1) is 18.3. The summed E-state index contributed by atoms with van der Waals surface area (Å²) in [7, 11) is -3.68. The second kappa shape index (κ2) is 11.5. The van der Waals surface area contributed by atoms with E-state index < -0.39 is 7.60 Å². The Bertz CT molecular complexity index is 1470. The Morgan fingerprint density at radius 2 is 2.08 bits per heavy atom. The van der Waals surface area contributed by atoms with E-state index in [0.717, 1.165) is 24.3 Å². The fourth-order valence-electron chi connectivity index (χ4n) is 4.29. The van der Waals surface area contributed by atoms with Crippen molar-refractivity contribution in [2.75, 3.05) is 11.5 Å². The van der Waals surface area contributed by atoms with Crippen LogP contribution in [0.15, 0.2) is 41.9 Å². The molecule has 1 unspecified atom stereocenters. The molecule has 1 aliphatic rings. The summed E-state index contributed by atoms with van der Waals surface area (Å²) in [5.41, 5.74) is 2.36. The van der Waals surface area contributed by atoms with Crippen LogP contribution in [0, 0.1) is 5.92 Å². The van der Waals surface area contributed by atoms with Crippen LogP contribution in [0.3, 0.4) is 0 Å². The van der Waals surface area contributed by atoms with Gasteiger partial charge in [0.05, 0.1) is 34.0 Å². The van der Waals surface area contributed by atoms with Gasteiger partial charge in [0.2, 0.25) is 0 Å². The highest BCUT2D eigenvalue weighted by molar-refractivity contribution is 7.53. The molecule has 2 N–H and O–H groups in total. The highest BCUT2D eigenvalue weighted by Crippen LogP contribution is 2.43. The van der Waals surface area contributed by atoms with E-state index in [2.05, 4.69) is 14.8 Å². The summed E-state index contributed by atoms with van der Waals surface area (Å²) < 4.78 is 23.3. The number of anilines is 1. The third-order valence-electron chi connectivity index (χ3n) is 6.41. The molecule has 0 saturated heterocycles. The van der Waals surface area contributed by atoms with E-state index in [1.54, 1.807) is 35.7 Å². The predicted octanol–water partition coefficient (Wildman–Crippen LogP) is 7.02. The molecular formula is C26H29ClN5O4PS. The van der Waals surface area contributed by atoms with Gasteiger partial charge in [-0.05, 0) is 60.6 Å². The summed E-state index contributed by atoms with van der Waals surface area (Å²) in [4.78, 5) is 27.5. The van der Waals surface area contributed by atoms with Crippen molar-refractivity contribution in [2.45, 2.75) is 52.0 Å². The van der Waals surface area contributed by atoms with Crippen LogP contribution in [0.25, 0.3) is 22.3 Å². The summed E-state index contributed by atoms with van der Waals surface area (Å²) in [5, 5.41) is 10.3. The number of unbranched alkanes of at least 4 members (excludes halogenated alkanes) is 1. The number of carbonyl (C=O) groups is 1. The summed E-state index contributed by atoms with van der Waals surface area (Å²) >= 11 is 7.88. The molecular weight excluding hydrogens is 545 g/mol. The second-order valence-corrected chi connectivity index (χ2v) is 12.5. The van der Waals surface area contributed by atoms with Crippen LogP contribution >= 0.6 is 30.7 Å². The Hall–Kier alpha value is -2.78. The van der Waals surface area contributed by atoms with Gasteiger partial charge in [0.1, 0.15) is 5.75 Å². The number of carbonyl (C=O) groups excluding carboxylic acids is 1. The number of benzene rings is 1. The van der Waals surface area contributed by atoms with Gasteiger partial charge in [-0.3, -0.25) is 4.79 Å². The van der Waals surface area contributed by atoms with E-state index in [-0.39, 0.29) is 12.1 Å². The van der Waals surface area contributed by atoms with Gasteiger partial charge in [-0.15, -0.1) is 0 Å². The number of halogens is 1. The number of aryl methyl sites for hydroxylation is 1. The third-order valence-corrected chi connectivity index (χ3v) is 8.80. The number of fused-ring (bicyclic) bond motifs is 1. The number of aromatic nitrogens is 4. The number of amides is 1. The first-order valence-electron chi connectivity index (χ1n) is 12.7. The van der Waals surface area contributed by atoms with Crippen molar-refractivity contribution in [2.24, 2.45) is 5.92 Å². The van der Waals surface area contributed by atoms with Crippen LogP contribution in [-0.4, -0.2) is 36.1 Å². The average Bonchev–Trinajstić information content (AvgIpc) is 3.42. The van der Waals surface area contributed by atoms with Crippen LogP contribution in [0.2, 0.25) is 5.02 Å². The molecule has 1 aromatic carbocycles. The molecule has 1 amide bonds. The molecule has 9 nitrogen and oxygen atoms in total. The maximum Gasteiger partial charge on any atom is 0.376 e. The molecule has 0 bridgehead atoms. The topological polar surface area (TPSA) is 119 Å². The zero-order valence-electron chi connectivity index (χ0n) is 21.0. The minimum atomic E-state index is -3.68. The molecule has 3 heterocycles. The third kappa shape index (κ3) is 6.43. The fraction of sp³-hybridized carbons (Fsp3) is 0.385. The molecule has 0 aliphatic heterocycles. The van der Waals surface area contributed by atoms with Gasteiger partial charge in [-0.2, -0.15) is 5.10 Å². The van der Waals surface area contributed by atoms with E-state index in [1.165, 1.54) is 37.0 Å². The summed E-state index contributed by atoms with van der Waals surface area (Å²) in [5.74, 6) is 1.28. The molecule has 12 heteroatoms. The lowest BCUT2D eigenvalue weighted by Crippen LogP contribution is -2.12. The Balaban J connectivity index is 1.44. The van der Waals surface area contributed by atoms with Gasteiger partial charge in [-0.1, -0.05) is 44.2 Å². The molecule has 1 saturated carbocycles. The molecule has 38 heavy (non-hydrogen) atoms. The fourth-order valence-corrected chi connectivity index (χ4v) is 6.17. The van der Waals surface area contributed by atoms with E-state index >= 15 is 0 Å². The number of nitrogens with zero attached hydrogens (tertiary/aromatic N) is 4. The normalized spacial score (nSPS) is 14.9. The van der Waals surface area contributed by atoms with E-state index in [0.29, 0.717) is 51.8 Å². The predicted molar refractivity (Wildman–Crippen MR) is 150 cm³/mol. The minimum Gasteiger partial charge on any atom is -0.424 e. The van der Waals surface area contributed by atoms with Crippen molar-refractivity contribution in [3.63, 3.8) is 0 Å². The first kappa shape index (κ1) is 26.8. The summed E-state index contributed by atoms with van der Waals surface area (Å²) in [6.45, 7) is 2.50. The molecule has 1 atom stereocenters. The van der Waals surface area contributed by atoms with Crippen molar-refractivity contribution in [3.8, 4) is 17.0 Å². The summed E-state index contributed by atoms with van der Waals surface area (Å²) in [6, 6.07) is 8.54. The summed E-state index contributed by atoms with van der Waals surface area (Å²) in [6.07, 6.45) is 8.12. The van der Waals surface area contributed by atoms with Gasteiger partial charge in [0.25, 0.3) is 5.91 Å². The van der Waals surface area contributed by atoms with E-state index in [9.17, 15) is 14.3 Å². The smallest absolute Gasteiger partial charge is 0.376 e. The molecule has 5 rings (SSSR count). The molecule has 1 fully saturated rings. The number of hydrogen-bond acceptors (Lipinski definition) is 7. The minimum absolute atomic E-state index is 0.0885. The number of hydrogen-bond donors (Lipinski definition) is 2. The number of rotatable bonds is 12.